The Morgan fingerprint density at radius 2 is 1.89 bits per heavy atom. The van der Waals surface area contributed by atoms with E-state index in [9.17, 15) is 20.0 Å². The van der Waals surface area contributed by atoms with E-state index < -0.39 is 17.7 Å². The molecule has 2 fully saturated rings. The number of nitrogens with zero attached hydrogens (tertiary/aromatic N) is 4. The molecule has 2 aliphatic rings. The third-order valence-corrected chi connectivity index (χ3v) is 7.13. The molecule has 1 aromatic carbocycles. The topological polar surface area (TPSA) is 109 Å². The summed E-state index contributed by atoms with van der Waals surface area (Å²) in [5.41, 5.74) is 0.651. The number of nitriles is 1. The van der Waals surface area contributed by atoms with Gasteiger partial charge in [-0.15, -0.1) is 0 Å². The van der Waals surface area contributed by atoms with Crippen LogP contribution in [0, 0.1) is 11.5 Å². The molecule has 1 saturated carbocycles. The van der Waals surface area contributed by atoms with Crippen LogP contribution in [0.15, 0.2) is 53.2 Å². The van der Waals surface area contributed by atoms with Crippen molar-refractivity contribution >= 4 is 24.2 Å². The van der Waals surface area contributed by atoms with E-state index in [2.05, 4.69) is 23.2 Å². The summed E-state index contributed by atoms with van der Waals surface area (Å²) in [5.74, 6) is -0.611. The highest BCUT2D eigenvalue weighted by atomic mass is 16.3. The molecule has 8 nitrogen and oxygen atoms in total. The molecule has 2 amide bonds. The van der Waals surface area contributed by atoms with Gasteiger partial charge in [0.05, 0.1) is 5.60 Å². The summed E-state index contributed by atoms with van der Waals surface area (Å²) in [6, 6.07) is 5.38. The second kappa shape index (κ2) is 12.7. The summed E-state index contributed by atoms with van der Waals surface area (Å²) < 4.78 is 0. The Morgan fingerprint density at radius 3 is 2.46 bits per heavy atom. The van der Waals surface area contributed by atoms with E-state index in [0.717, 1.165) is 38.5 Å². The second-order valence-electron chi connectivity index (χ2n) is 10.3. The van der Waals surface area contributed by atoms with E-state index >= 15 is 0 Å². The molecule has 0 bridgehead atoms. The van der Waals surface area contributed by atoms with E-state index in [-0.39, 0.29) is 17.9 Å². The van der Waals surface area contributed by atoms with Gasteiger partial charge in [-0.2, -0.15) is 5.26 Å². The monoisotopic (exact) mass is 505 g/mol. The predicted molar refractivity (Wildman–Crippen MR) is 146 cm³/mol. The fraction of sp³-hybridized carbons (Fsp3) is 0.517. The Hall–Kier alpha value is -3.44. The molecule has 1 saturated heterocycles. The number of aliphatic hydroxyl groups is 1. The van der Waals surface area contributed by atoms with Crippen LogP contribution in [0.2, 0.25) is 0 Å². The van der Waals surface area contributed by atoms with Crippen LogP contribution in [0.5, 0.6) is 0 Å². The molecule has 3 rings (SSSR count). The number of carbonyl (C=O) groups is 2. The third kappa shape index (κ3) is 6.86. The van der Waals surface area contributed by atoms with Gasteiger partial charge in [0, 0.05) is 30.0 Å². The molecule has 1 heterocycles. The molecule has 1 aliphatic carbocycles. The van der Waals surface area contributed by atoms with Crippen LogP contribution in [-0.4, -0.2) is 53.2 Å². The van der Waals surface area contributed by atoms with Gasteiger partial charge in [0.2, 0.25) is 5.91 Å². The molecule has 2 atom stereocenters. The number of allylic oxidation sites excluding steroid dienone is 1. The standard InChI is InChI=1S/C29H39N5O3/c1-5-10-21(19-31-4)26(27(35)32-23-11-7-6-8-12-23)34(28(36)25-13-9-18-33(25)20-30)24-16-14-22(15-17-24)29(2,3)37/h5,10,14-17,19,23,25-26,37H,4,6-9,11-13,18H2,1-3H3,(H,32,35)/b10-5-,21-19+. The van der Waals surface area contributed by atoms with Crippen molar-refractivity contribution in [3.8, 4) is 6.19 Å². The van der Waals surface area contributed by atoms with Crippen LogP contribution in [0.4, 0.5) is 5.69 Å². The lowest BCUT2D eigenvalue weighted by Crippen LogP contribution is -2.56. The van der Waals surface area contributed by atoms with Gasteiger partial charge in [-0.1, -0.05) is 43.5 Å². The number of rotatable bonds is 9. The fourth-order valence-electron chi connectivity index (χ4n) is 5.18. The lowest BCUT2D eigenvalue weighted by molar-refractivity contribution is -0.127. The van der Waals surface area contributed by atoms with Crippen molar-refractivity contribution in [2.45, 2.75) is 89.4 Å². The number of carbonyl (C=O) groups excluding carboxylic acids is 2. The minimum absolute atomic E-state index is 0.0453. The summed E-state index contributed by atoms with van der Waals surface area (Å²) in [5, 5.41) is 23.3. The van der Waals surface area contributed by atoms with E-state index in [1.165, 1.54) is 16.0 Å². The summed E-state index contributed by atoms with van der Waals surface area (Å²) in [4.78, 5) is 35.0. The van der Waals surface area contributed by atoms with Gasteiger partial charge in [0.1, 0.15) is 12.1 Å². The average molecular weight is 506 g/mol. The maximum Gasteiger partial charge on any atom is 0.251 e. The zero-order valence-electron chi connectivity index (χ0n) is 22.2. The van der Waals surface area contributed by atoms with Crippen LogP contribution in [0.25, 0.3) is 0 Å². The molecule has 1 aromatic rings. The van der Waals surface area contributed by atoms with Crippen molar-refractivity contribution in [2.24, 2.45) is 4.99 Å². The SMILES string of the molecule is C=N/C=C(\C=C/C)C(C(=O)NC1CCCCC1)N(C(=O)C1CCCN1C#N)c1ccc(C(C)(C)O)cc1. The second-order valence-corrected chi connectivity index (χ2v) is 10.3. The number of nitrogens with one attached hydrogen (secondary N) is 1. The van der Waals surface area contributed by atoms with Crippen LogP contribution < -0.4 is 10.2 Å². The van der Waals surface area contributed by atoms with Gasteiger partial charge in [-0.25, -0.2) is 0 Å². The molecule has 2 N–H and O–H groups in total. The lowest BCUT2D eigenvalue weighted by atomic mass is 9.94. The van der Waals surface area contributed by atoms with E-state index in [0.29, 0.717) is 29.8 Å². The number of anilines is 1. The first kappa shape index (κ1) is 28.1. The predicted octanol–water partition coefficient (Wildman–Crippen LogP) is 4.17. The molecular formula is C29H39N5O3. The molecule has 198 valence electrons. The molecule has 8 heteroatoms. The lowest BCUT2D eigenvalue weighted by Gasteiger charge is -2.36. The zero-order valence-corrected chi connectivity index (χ0v) is 22.2. The Labute approximate surface area is 220 Å². The largest absolute Gasteiger partial charge is 0.386 e. The summed E-state index contributed by atoms with van der Waals surface area (Å²) in [6.45, 7) is 9.31. The van der Waals surface area contributed by atoms with Crippen molar-refractivity contribution in [3.05, 3.63) is 53.8 Å². The number of benzene rings is 1. The maximum absolute atomic E-state index is 14.2. The van der Waals surface area contributed by atoms with Gasteiger partial charge in [-0.05, 0) is 70.9 Å². The smallest absolute Gasteiger partial charge is 0.251 e. The normalized spacial score (nSPS) is 19.9. The van der Waals surface area contributed by atoms with E-state index in [1.807, 2.05) is 6.92 Å². The molecule has 0 aromatic heterocycles. The summed E-state index contributed by atoms with van der Waals surface area (Å²) >= 11 is 0. The molecule has 0 spiro atoms. The first-order valence-corrected chi connectivity index (χ1v) is 13.1. The number of amides is 2. The number of hydrogen-bond donors (Lipinski definition) is 2. The van der Waals surface area contributed by atoms with Gasteiger partial charge < -0.3 is 10.4 Å². The Balaban J connectivity index is 2.12. The third-order valence-electron chi connectivity index (χ3n) is 7.13. The van der Waals surface area contributed by atoms with Crippen molar-refractivity contribution in [1.82, 2.24) is 10.2 Å². The van der Waals surface area contributed by atoms with E-state index in [1.54, 1.807) is 50.3 Å². The molecular weight excluding hydrogens is 466 g/mol. The van der Waals surface area contributed by atoms with Gasteiger partial charge in [0.15, 0.2) is 6.19 Å². The zero-order chi connectivity index (χ0) is 27.0. The minimum atomic E-state index is -1.06. The average Bonchev–Trinajstić information content (AvgIpc) is 3.36. The quantitative estimate of drug-likeness (QED) is 0.297. The van der Waals surface area contributed by atoms with Gasteiger partial charge in [-0.3, -0.25) is 24.4 Å². The maximum atomic E-state index is 14.2. The summed E-state index contributed by atoms with van der Waals surface area (Å²) in [7, 11) is 0. The van der Waals surface area contributed by atoms with Crippen LogP contribution in [-0.2, 0) is 15.2 Å². The number of hydrogen-bond acceptors (Lipinski definition) is 6. The molecule has 37 heavy (non-hydrogen) atoms. The van der Waals surface area contributed by atoms with Crippen molar-refractivity contribution in [2.75, 3.05) is 11.4 Å². The highest BCUT2D eigenvalue weighted by molar-refractivity contribution is 6.05. The fourth-order valence-corrected chi connectivity index (χ4v) is 5.18. The summed E-state index contributed by atoms with van der Waals surface area (Å²) in [6.07, 6.45) is 13.5. The van der Waals surface area contributed by atoms with Crippen LogP contribution in [0.1, 0.15) is 71.3 Å². The molecule has 1 aliphatic heterocycles. The highest BCUT2D eigenvalue weighted by Gasteiger charge is 2.41. The van der Waals surface area contributed by atoms with Gasteiger partial charge in [0.25, 0.3) is 5.91 Å². The Kier molecular flexibility index (Phi) is 9.65. The van der Waals surface area contributed by atoms with Gasteiger partial charge >= 0.3 is 0 Å². The molecule has 0 radical (unpaired) electrons. The van der Waals surface area contributed by atoms with Crippen molar-refractivity contribution < 1.29 is 14.7 Å². The van der Waals surface area contributed by atoms with E-state index in [4.69, 9.17) is 0 Å². The highest BCUT2D eigenvalue weighted by Crippen LogP contribution is 2.30. The first-order valence-electron chi connectivity index (χ1n) is 13.1. The van der Waals surface area contributed by atoms with Crippen molar-refractivity contribution in [3.63, 3.8) is 0 Å². The minimum Gasteiger partial charge on any atom is -0.386 e. The Morgan fingerprint density at radius 1 is 1.22 bits per heavy atom. The van der Waals surface area contributed by atoms with Crippen LogP contribution in [0.3, 0.4) is 0 Å². The number of likely N-dealkylation sites (tertiary alicyclic amines) is 1. The molecule has 2 unspecified atom stereocenters. The number of aliphatic imine (C=N–C) groups is 1. The first-order chi connectivity index (χ1) is 17.7. The van der Waals surface area contributed by atoms with Crippen LogP contribution >= 0.6 is 0 Å². The van der Waals surface area contributed by atoms with Crippen molar-refractivity contribution in [1.29, 1.82) is 5.26 Å². The Bertz CT molecular complexity index is 1060.